The fourth-order valence-corrected chi connectivity index (χ4v) is 4.01. The molecule has 1 aromatic heterocycles. The highest BCUT2D eigenvalue weighted by atomic mass is 32.1. The van der Waals surface area contributed by atoms with E-state index in [9.17, 15) is 14.4 Å². The van der Waals surface area contributed by atoms with E-state index >= 15 is 0 Å². The molecule has 0 saturated heterocycles. The molecule has 26 heavy (non-hydrogen) atoms. The molecule has 132 valence electrons. The molecule has 0 radical (unpaired) electrons. The Balaban J connectivity index is 1.77. The molecule has 3 rings (SSSR count). The predicted octanol–water partition coefficient (Wildman–Crippen LogP) is 4.43. The van der Waals surface area contributed by atoms with Crippen LogP contribution in [0.25, 0.3) is 6.08 Å². The van der Waals surface area contributed by atoms with Crippen LogP contribution in [0.5, 0.6) is 0 Å². The molecule has 0 aliphatic carbocycles. The molecule has 0 fully saturated rings. The number of hydrogen-bond acceptors (Lipinski definition) is 4. The SMILES string of the molecule is C=C(/C=C/c1cccc(F)c1)Nc1sc2c(c1C#N)CCN(C(=O)O)C2. The lowest BCUT2D eigenvalue weighted by Gasteiger charge is -2.23. The van der Waals surface area contributed by atoms with E-state index < -0.39 is 6.09 Å². The van der Waals surface area contributed by atoms with Gasteiger partial charge in [-0.1, -0.05) is 24.8 Å². The quantitative estimate of drug-likeness (QED) is 0.782. The Morgan fingerprint density at radius 3 is 3.00 bits per heavy atom. The van der Waals surface area contributed by atoms with Crippen molar-refractivity contribution < 1.29 is 14.3 Å². The summed E-state index contributed by atoms with van der Waals surface area (Å²) in [5.41, 5.74) is 2.70. The molecule has 5 nitrogen and oxygen atoms in total. The van der Waals surface area contributed by atoms with Crippen LogP contribution >= 0.6 is 11.3 Å². The van der Waals surface area contributed by atoms with E-state index in [-0.39, 0.29) is 12.4 Å². The summed E-state index contributed by atoms with van der Waals surface area (Å²) in [5.74, 6) is -0.314. The number of halogens is 1. The van der Waals surface area contributed by atoms with E-state index in [1.54, 1.807) is 24.3 Å². The third kappa shape index (κ3) is 3.76. The van der Waals surface area contributed by atoms with Crippen LogP contribution in [-0.4, -0.2) is 22.6 Å². The number of nitriles is 1. The average molecular weight is 369 g/mol. The van der Waals surface area contributed by atoms with E-state index in [2.05, 4.69) is 18.0 Å². The molecule has 1 amide bonds. The maximum atomic E-state index is 13.2. The summed E-state index contributed by atoms with van der Waals surface area (Å²) in [4.78, 5) is 13.4. The zero-order valence-electron chi connectivity index (χ0n) is 13.8. The van der Waals surface area contributed by atoms with Crippen LogP contribution in [0.1, 0.15) is 21.6 Å². The molecule has 0 atom stereocenters. The van der Waals surface area contributed by atoms with Gasteiger partial charge in [-0.3, -0.25) is 0 Å². The Bertz CT molecular complexity index is 943. The molecule has 0 bridgehead atoms. The van der Waals surface area contributed by atoms with Gasteiger partial charge in [0.05, 0.1) is 12.1 Å². The summed E-state index contributed by atoms with van der Waals surface area (Å²) in [5, 5.41) is 22.4. The zero-order chi connectivity index (χ0) is 18.7. The number of thiophene rings is 1. The summed E-state index contributed by atoms with van der Waals surface area (Å²) in [7, 11) is 0. The molecule has 1 aliphatic heterocycles. The van der Waals surface area contributed by atoms with Gasteiger partial charge in [0.2, 0.25) is 0 Å². The number of fused-ring (bicyclic) bond motifs is 1. The number of allylic oxidation sites excluding steroid dienone is 1. The highest BCUT2D eigenvalue weighted by molar-refractivity contribution is 7.16. The number of amides is 1. The minimum Gasteiger partial charge on any atom is -0.465 e. The number of carboxylic acid groups (broad SMARTS) is 1. The Hall–Kier alpha value is -3.11. The first kappa shape index (κ1) is 17.7. The molecule has 0 saturated carbocycles. The van der Waals surface area contributed by atoms with E-state index in [0.29, 0.717) is 34.8 Å². The van der Waals surface area contributed by atoms with E-state index in [4.69, 9.17) is 5.11 Å². The van der Waals surface area contributed by atoms with E-state index in [1.165, 1.54) is 28.4 Å². The molecule has 1 aromatic carbocycles. The van der Waals surface area contributed by atoms with Crippen molar-refractivity contribution in [1.82, 2.24) is 4.90 Å². The van der Waals surface area contributed by atoms with Crippen LogP contribution < -0.4 is 5.32 Å². The van der Waals surface area contributed by atoms with Gasteiger partial charge < -0.3 is 15.3 Å². The van der Waals surface area contributed by atoms with Gasteiger partial charge in [-0.2, -0.15) is 5.26 Å². The third-order valence-corrected chi connectivity index (χ3v) is 5.17. The molecule has 2 heterocycles. The minimum absolute atomic E-state index is 0.289. The first-order valence-corrected chi connectivity index (χ1v) is 8.71. The fraction of sp³-hybridized carbons (Fsp3) is 0.158. The highest BCUT2D eigenvalue weighted by Gasteiger charge is 2.26. The van der Waals surface area contributed by atoms with Gasteiger partial charge in [0.1, 0.15) is 16.9 Å². The highest BCUT2D eigenvalue weighted by Crippen LogP contribution is 2.37. The van der Waals surface area contributed by atoms with Crippen molar-refractivity contribution in [3.05, 3.63) is 70.0 Å². The van der Waals surface area contributed by atoms with Crippen LogP contribution in [0, 0.1) is 17.1 Å². The summed E-state index contributed by atoms with van der Waals surface area (Å²) in [6.45, 7) is 4.58. The molecule has 0 unspecified atom stereocenters. The summed E-state index contributed by atoms with van der Waals surface area (Å²) >= 11 is 1.37. The normalized spacial score (nSPS) is 13.3. The molecular formula is C19H16FN3O2S. The van der Waals surface area contributed by atoms with Crippen LogP contribution in [0.2, 0.25) is 0 Å². The number of benzene rings is 1. The number of carbonyl (C=O) groups is 1. The van der Waals surface area contributed by atoms with Crippen molar-refractivity contribution in [2.45, 2.75) is 13.0 Å². The van der Waals surface area contributed by atoms with E-state index in [1.807, 2.05) is 0 Å². The number of anilines is 1. The number of rotatable bonds is 4. The Labute approximate surface area is 154 Å². The maximum Gasteiger partial charge on any atom is 0.407 e. The second-order valence-electron chi connectivity index (χ2n) is 5.81. The van der Waals surface area contributed by atoms with Gasteiger partial charge in [-0.15, -0.1) is 11.3 Å². The zero-order valence-corrected chi connectivity index (χ0v) is 14.6. The van der Waals surface area contributed by atoms with Crippen molar-refractivity contribution in [3.8, 4) is 6.07 Å². The second-order valence-corrected chi connectivity index (χ2v) is 6.92. The fourth-order valence-electron chi connectivity index (χ4n) is 2.77. The predicted molar refractivity (Wildman–Crippen MR) is 99.4 cm³/mol. The van der Waals surface area contributed by atoms with Crippen molar-refractivity contribution in [3.63, 3.8) is 0 Å². The standard InChI is InChI=1S/C19H16FN3O2S/c1-12(5-6-13-3-2-4-14(20)9-13)22-18-16(10-21)15-7-8-23(19(24)25)11-17(15)26-18/h2-6,9,22H,1,7-8,11H2,(H,24,25)/b6-5+. The van der Waals surface area contributed by atoms with Crippen LogP contribution in [0.15, 0.2) is 42.6 Å². The summed E-state index contributed by atoms with van der Waals surface area (Å²) in [6.07, 6.45) is 3.00. The lowest BCUT2D eigenvalue weighted by Crippen LogP contribution is -2.34. The second kappa shape index (κ2) is 7.42. The van der Waals surface area contributed by atoms with Gasteiger partial charge >= 0.3 is 6.09 Å². The molecule has 2 aromatic rings. The number of nitrogens with zero attached hydrogens (tertiary/aromatic N) is 2. The first-order valence-electron chi connectivity index (χ1n) is 7.90. The van der Waals surface area contributed by atoms with Crippen LogP contribution in [-0.2, 0) is 13.0 Å². The smallest absolute Gasteiger partial charge is 0.407 e. The molecule has 1 aliphatic rings. The topological polar surface area (TPSA) is 76.4 Å². The number of nitrogens with one attached hydrogen (secondary N) is 1. The van der Waals surface area contributed by atoms with Gasteiger partial charge in [-0.25, -0.2) is 9.18 Å². The van der Waals surface area contributed by atoms with Gasteiger partial charge in [0.25, 0.3) is 0 Å². The minimum atomic E-state index is -0.959. The molecule has 7 heteroatoms. The lowest BCUT2D eigenvalue weighted by atomic mass is 10.0. The summed E-state index contributed by atoms with van der Waals surface area (Å²) in [6, 6.07) is 8.39. The maximum absolute atomic E-state index is 13.2. The van der Waals surface area contributed by atoms with Gasteiger partial charge in [0, 0.05) is 17.1 Å². The van der Waals surface area contributed by atoms with Crippen molar-refractivity contribution in [1.29, 1.82) is 5.26 Å². The molecular weight excluding hydrogens is 353 g/mol. The van der Waals surface area contributed by atoms with Gasteiger partial charge in [0.15, 0.2) is 0 Å². The van der Waals surface area contributed by atoms with Crippen LogP contribution in [0.3, 0.4) is 0 Å². The number of hydrogen-bond donors (Lipinski definition) is 2. The largest absolute Gasteiger partial charge is 0.465 e. The van der Waals surface area contributed by atoms with Crippen molar-refractivity contribution >= 4 is 28.5 Å². The van der Waals surface area contributed by atoms with Gasteiger partial charge in [-0.05, 0) is 35.8 Å². The Morgan fingerprint density at radius 1 is 1.50 bits per heavy atom. The Morgan fingerprint density at radius 2 is 2.31 bits per heavy atom. The molecule has 2 N–H and O–H groups in total. The van der Waals surface area contributed by atoms with Crippen LogP contribution in [0.4, 0.5) is 14.2 Å². The monoisotopic (exact) mass is 369 g/mol. The summed E-state index contributed by atoms with van der Waals surface area (Å²) < 4.78 is 13.2. The van der Waals surface area contributed by atoms with Crippen molar-refractivity contribution in [2.75, 3.05) is 11.9 Å². The molecule has 0 spiro atoms. The van der Waals surface area contributed by atoms with Crippen molar-refractivity contribution in [2.24, 2.45) is 0 Å². The first-order chi connectivity index (χ1) is 12.5. The third-order valence-electron chi connectivity index (χ3n) is 4.04. The Kier molecular flexibility index (Phi) is 5.05. The average Bonchev–Trinajstić information content (AvgIpc) is 2.96. The lowest BCUT2D eigenvalue weighted by molar-refractivity contribution is 0.140. The van der Waals surface area contributed by atoms with E-state index in [0.717, 1.165) is 10.4 Å².